The molecule has 0 spiro atoms. The number of hydrogen-bond acceptors (Lipinski definition) is 6. The summed E-state index contributed by atoms with van der Waals surface area (Å²) in [5.41, 5.74) is 12.5. The third-order valence-corrected chi connectivity index (χ3v) is 4.98. The van der Waals surface area contributed by atoms with E-state index in [1.165, 1.54) is 12.7 Å². The number of nitrogens with zero attached hydrogens (tertiary/aromatic N) is 3. The highest BCUT2D eigenvalue weighted by molar-refractivity contribution is 6.33. The predicted octanol–water partition coefficient (Wildman–Crippen LogP) is 3.24. The minimum absolute atomic E-state index is 0.362. The minimum Gasteiger partial charge on any atom is -0.393 e. The van der Waals surface area contributed by atoms with Crippen LogP contribution in [0.1, 0.15) is 43.0 Å². The molecule has 1 aromatic heterocycles. The first-order chi connectivity index (χ1) is 12.6. The Morgan fingerprint density at radius 1 is 1.35 bits per heavy atom. The predicted molar refractivity (Wildman–Crippen MR) is 104 cm³/mol. The van der Waals surface area contributed by atoms with Crippen LogP contribution in [0, 0.1) is 0 Å². The molecule has 2 aromatic rings. The van der Waals surface area contributed by atoms with Gasteiger partial charge in [-0.3, -0.25) is 15.6 Å². The number of nitrogens with two attached hydrogens (primary N) is 1. The molecule has 138 valence electrons. The molecule has 1 aromatic carbocycles. The SMILES string of the molecule is CCC1CCCCN1c1ncnc(NNC(=O)c2ccccc2Cl)c1N. The fourth-order valence-electron chi connectivity index (χ4n) is 3.25. The third kappa shape index (κ3) is 3.83. The summed E-state index contributed by atoms with van der Waals surface area (Å²) in [6.07, 6.45) is 5.96. The van der Waals surface area contributed by atoms with E-state index in [2.05, 4.69) is 32.6 Å². The van der Waals surface area contributed by atoms with Gasteiger partial charge in [-0.2, -0.15) is 0 Å². The first kappa shape index (κ1) is 18.3. The number of piperidine rings is 1. The summed E-state index contributed by atoms with van der Waals surface area (Å²) in [6.45, 7) is 3.09. The first-order valence-corrected chi connectivity index (χ1v) is 9.17. The lowest BCUT2D eigenvalue weighted by molar-refractivity contribution is 0.0962. The van der Waals surface area contributed by atoms with Crippen molar-refractivity contribution < 1.29 is 4.79 Å². The van der Waals surface area contributed by atoms with Gasteiger partial charge in [0.15, 0.2) is 11.6 Å². The summed E-state index contributed by atoms with van der Waals surface area (Å²) in [5, 5.41) is 0.377. The largest absolute Gasteiger partial charge is 0.393 e. The Bertz CT molecular complexity index is 784. The molecule has 0 aliphatic carbocycles. The van der Waals surface area contributed by atoms with E-state index in [-0.39, 0.29) is 5.91 Å². The van der Waals surface area contributed by atoms with E-state index in [4.69, 9.17) is 17.3 Å². The molecule has 26 heavy (non-hydrogen) atoms. The van der Waals surface area contributed by atoms with Crippen LogP contribution < -0.4 is 21.5 Å². The normalized spacial score (nSPS) is 17.0. The van der Waals surface area contributed by atoms with Gasteiger partial charge in [0.2, 0.25) is 0 Å². The highest BCUT2D eigenvalue weighted by atomic mass is 35.5. The van der Waals surface area contributed by atoms with Gasteiger partial charge >= 0.3 is 0 Å². The van der Waals surface area contributed by atoms with Crippen LogP contribution in [0.4, 0.5) is 17.3 Å². The summed E-state index contributed by atoms with van der Waals surface area (Å²) in [6, 6.07) is 7.25. The number of amides is 1. The zero-order valence-corrected chi connectivity index (χ0v) is 15.5. The number of carbonyl (C=O) groups is 1. The van der Waals surface area contributed by atoms with Crippen molar-refractivity contribution in [3.05, 3.63) is 41.2 Å². The molecule has 1 amide bonds. The van der Waals surface area contributed by atoms with E-state index < -0.39 is 0 Å². The molecule has 2 heterocycles. The molecular weight excluding hydrogens is 352 g/mol. The maximum Gasteiger partial charge on any atom is 0.271 e. The van der Waals surface area contributed by atoms with E-state index in [1.54, 1.807) is 24.3 Å². The van der Waals surface area contributed by atoms with Crippen molar-refractivity contribution in [2.75, 3.05) is 22.6 Å². The van der Waals surface area contributed by atoms with Crippen LogP contribution in [0.25, 0.3) is 0 Å². The van der Waals surface area contributed by atoms with E-state index in [1.807, 2.05) is 0 Å². The highest BCUT2D eigenvalue weighted by Gasteiger charge is 2.25. The van der Waals surface area contributed by atoms with Crippen molar-refractivity contribution in [1.29, 1.82) is 0 Å². The van der Waals surface area contributed by atoms with Gasteiger partial charge < -0.3 is 10.6 Å². The average Bonchev–Trinajstić information content (AvgIpc) is 2.67. The molecule has 0 bridgehead atoms. The number of aromatic nitrogens is 2. The lowest BCUT2D eigenvalue weighted by atomic mass is 10.00. The number of benzene rings is 1. The molecule has 1 aliphatic rings. The fraction of sp³-hybridized carbons (Fsp3) is 0.389. The van der Waals surface area contributed by atoms with Crippen molar-refractivity contribution in [3.8, 4) is 0 Å². The lowest BCUT2D eigenvalue weighted by Gasteiger charge is -2.36. The van der Waals surface area contributed by atoms with Crippen LogP contribution in [0.2, 0.25) is 5.02 Å². The second kappa shape index (κ2) is 8.23. The van der Waals surface area contributed by atoms with Crippen LogP contribution in [-0.4, -0.2) is 28.5 Å². The molecule has 1 fully saturated rings. The Morgan fingerprint density at radius 3 is 2.92 bits per heavy atom. The molecule has 1 atom stereocenters. The Kier molecular flexibility index (Phi) is 5.78. The molecule has 3 rings (SSSR count). The van der Waals surface area contributed by atoms with E-state index >= 15 is 0 Å². The van der Waals surface area contributed by atoms with Gasteiger partial charge in [0, 0.05) is 12.6 Å². The van der Waals surface area contributed by atoms with Crippen LogP contribution >= 0.6 is 11.6 Å². The van der Waals surface area contributed by atoms with Crippen LogP contribution in [0.15, 0.2) is 30.6 Å². The molecule has 1 saturated heterocycles. The van der Waals surface area contributed by atoms with Gasteiger partial charge in [-0.1, -0.05) is 30.7 Å². The van der Waals surface area contributed by atoms with Crippen molar-refractivity contribution in [3.63, 3.8) is 0 Å². The quantitative estimate of drug-likeness (QED) is 0.695. The minimum atomic E-state index is -0.362. The third-order valence-electron chi connectivity index (χ3n) is 4.65. The molecular formula is C18H23ClN6O. The fourth-order valence-corrected chi connectivity index (χ4v) is 3.47. The molecule has 0 radical (unpaired) electrons. The standard InChI is InChI=1S/C18H23ClN6O/c1-2-12-7-5-6-10-25(12)17-15(20)16(21-11-22-17)23-24-18(26)13-8-3-4-9-14(13)19/h3-4,8-9,11-12H,2,5-7,10,20H2,1H3,(H,24,26)(H,21,22,23). The van der Waals surface area contributed by atoms with Crippen molar-refractivity contribution in [2.45, 2.75) is 38.6 Å². The Balaban J connectivity index is 1.75. The monoisotopic (exact) mass is 374 g/mol. The van der Waals surface area contributed by atoms with E-state index in [0.29, 0.717) is 34.0 Å². The van der Waals surface area contributed by atoms with Crippen LogP contribution in [0.3, 0.4) is 0 Å². The summed E-state index contributed by atoms with van der Waals surface area (Å²) in [5.74, 6) is 0.719. The number of rotatable bonds is 5. The van der Waals surface area contributed by atoms with Gasteiger partial charge in [-0.05, 0) is 37.8 Å². The number of anilines is 3. The van der Waals surface area contributed by atoms with E-state index in [9.17, 15) is 4.79 Å². The van der Waals surface area contributed by atoms with Crippen LogP contribution in [-0.2, 0) is 0 Å². The van der Waals surface area contributed by atoms with Gasteiger partial charge in [0.25, 0.3) is 5.91 Å². The zero-order valence-electron chi connectivity index (χ0n) is 14.7. The topological polar surface area (TPSA) is 96.2 Å². The summed E-state index contributed by atoms with van der Waals surface area (Å²) in [7, 11) is 0. The molecule has 1 unspecified atom stereocenters. The summed E-state index contributed by atoms with van der Waals surface area (Å²) >= 11 is 6.05. The highest BCUT2D eigenvalue weighted by Crippen LogP contribution is 2.31. The molecule has 0 saturated carbocycles. The van der Waals surface area contributed by atoms with Crippen LogP contribution in [0.5, 0.6) is 0 Å². The summed E-state index contributed by atoms with van der Waals surface area (Å²) in [4.78, 5) is 23.0. The smallest absolute Gasteiger partial charge is 0.271 e. The van der Waals surface area contributed by atoms with Gasteiger partial charge in [-0.15, -0.1) is 0 Å². The van der Waals surface area contributed by atoms with Crippen molar-refractivity contribution in [2.24, 2.45) is 0 Å². The van der Waals surface area contributed by atoms with Gasteiger partial charge in [0.05, 0.1) is 10.6 Å². The van der Waals surface area contributed by atoms with Gasteiger partial charge in [-0.25, -0.2) is 9.97 Å². The van der Waals surface area contributed by atoms with E-state index in [0.717, 1.165) is 25.8 Å². The molecule has 4 N–H and O–H groups in total. The molecule has 7 nitrogen and oxygen atoms in total. The number of nitrogen functional groups attached to an aromatic ring is 1. The number of hydrogen-bond donors (Lipinski definition) is 3. The van der Waals surface area contributed by atoms with Gasteiger partial charge in [0.1, 0.15) is 12.0 Å². The lowest BCUT2D eigenvalue weighted by Crippen LogP contribution is -2.40. The van der Waals surface area contributed by atoms with Crippen molar-refractivity contribution >= 4 is 34.8 Å². The summed E-state index contributed by atoms with van der Waals surface area (Å²) < 4.78 is 0. The average molecular weight is 375 g/mol. The molecule has 1 aliphatic heterocycles. The van der Waals surface area contributed by atoms with Crippen molar-refractivity contribution in [1.82, 2.24) is 15.4 Å². The number of hydrazine groups is 1. The number of nitrogens with one attached hydrogen (secondary N) is 2. The second-order valence-electron chi connectivity index (χ2n) is 6.27. The second-order valence-corrected chi connectivity index (χ2v) is 6.68. The number of halogens is 1. The number of carbonyl (C=O) groups excluding carboxylic acids is 1. The Morgan fingerprint density at radius 2 is 2.15 bits per heavy atom. The Hall–Kier alpha value is -2.54. The molecule has 8 heteroatoms. The maximum atomic E-state index is 12.3. The zero-order chi connectivity index (χ0) is 18.5. The maximum absolute atomic E-state index is 12.3. The first-order valence-electron chi connectivity index (χ1n) is 8.79. The Labute approximate surface area is 157 Å².